The van der Waals surface area contributed by atoms with E-state index in [0.717, 1.165) is 36.9 Å². The first-order valence-corrected chi connectivity index (χ1v) is 7.39. The van der Waals surface area contributed by atoms with Crippen LogP contribution in [0.1, 0.15) is 37.7 Å². The van der Waals surface area contributed by atoms with Crippen LogP contribution in [0.15, 0.2) is 35.4 Å². The van der Waals surface area contributed by atoms with Gasteiger partial charge in [0, 0.05) is 11.3 Å². The molecule has 5 heteroatoms. The van der Waals surface area contributed by atoms with Crippen molar-refractivity contribution in [3.8, 4) is 6.07 Å². The van der Waals surface area contributed by atoms with Gasteiger partial charge in [0.25, 0.3) is 5.91 Å². The number of anilines is 1. The number of amides is 1. The Hall–Kier alpha value is -2.61. The zero-order valence-corrected chi connectivity index (χ0v) is 12.1. The second kappa shape index (κ2) is 5.64. The van der Waals surface area contributed by atoms with Crippen molar-refractivity contribution in [3.63, 3.8) is 0 Å². The van der Waals surface area contributed by atoms with Gasteiger partial charge in [-0.2, -0.15) is 5.26 Å². The van der Waals surface area contributed by atoms with Gasteiger partial charge in [0.1, 0.15) is 0 Å². The highest BCUT2D eigenvalue weighted by molar-refractivity contribution is 6.12. The lowest BCUT2D eigenvalue weighted by molar-refractivity contribution is -0.136. The summed E-state index contributed by atoms with van der Waals surface area (Å²) >= 11 is 0. The third-order valence-corrected chi connectivity index (χ3v) is 4.35. The minimum Gasteiger partial charge on any atom is -0.481 e. The van der Waals surface area contributed by atoms with Gasteiger partial charge >= 0.3 is 5.97 Å². The molecule has 0 saturated heterocycles. The molecule has 0 radical (unpaired) electrons. The van der Waals surface area contributed by atoms with E-state index in [1.165, 1.54) is 0 Å². The van der Waals surface area contributed by atoms with Crippen molar-refractivity contribution in [1.82, 2.24) is 0 Å². The molecule has 0 spiro atoms. The molecule has 1 aromatic carbocycles. The zero-order chi connectivity index (χ0) is 15.7. The molecule has 0 aromatic heterocycles. The standard InChI is InChI=1S/C17H16N2O3/c18-10-11-5-7-12(8-6-11)19-15-4-2-1-3-13(15)14(17(19)22)9-16(20)21/h5-8,15H,1-4,9H2,(H,20,21). The summed E-state index contributed by atoms with van der Waals surface area (Å²) < 4.78 is 0. The molecule has 0 bridgehead atoms. The second-order valence-electron chi connectivity index (χ2n) is 5.67. The Balaban J connectivity index is 1.97. The number of carbonyl (C=O) groups is 2. The van der Waals surface area contributed by atoms with Crippen LogP contribution in [0, 0.1) is 11.3 Å². The number of fused-ring (bicyclic) bond motifs is 1. The monoisotopic (exact) mass is 296 g/mol. The third kappa shape index (κ3) is 2.37. The van der Waals surface area contributed by atoms with E-state index in [-0.39, 0.29) is 18.4 Å². The molecule has 1 unspecified atom stereocenters. The first-order valence-electron chi connectivity index (χ1n) is 7.39. The Morgan fingerprint density at radius 2 is 2.05 bits per heavy atom. The van der Waals surface area contributed by atoms with Gasteiger partial charge in [-0.1, -0.05) is 6.42 Å². The number of carbonyl (C=O) groups excluding carboxylic acids is 1. The van der Waals surface area contributed by atoms with Crippen LogP contribution >= 0.6 is 0 Å². The number of nitriles is 1. The number of nitrogens with zero attached hydrogens (tertiary/aromatic N) is 2. The van der Waals surface area contributed by atoms with Crippen molar-refractivity contribution in [2.24, 2.45) is 0 Å². The molecule has 112 valence electrons. The SMILES string of the molecule is N#Cc1ccc(N2C(=O)C(CC(=O)O)=C3CCCCC32)cc1. The fraction of sp³-hybridized carbons (Fsp3) is 0.353. The first-order chi connectivity index (χ1) is 10.6. The average molecular weight is 296 g/mol. The van der Waals surface area contributed by atoms with E-state index in [1.54, 1.807) is 29.2 Å². The molecule has 22 heavy (non-hydrogen) atoms. The summed E-state index contributed by atoms with van der Waals surface area (Å²) in [5.74, 6) is -1.17. The lowest BCUT2D eigenvalue weighted by atomic mass is 9.88. The van der Waals surface area contributed by atoms with Gasteiger partial charge in [0.05, 0.1) is 24.1 Å². The fourth-order valence-electron chi connectivity index (χ4n) is 3.39. The van der Waals surface area contributed by atoms with Gasteiger partial charge in [-0.25, -0.2) is 0 Å². The molecule has 1 fully saturated rings. The van der Waals surface area contributed by atoms with Crippen LogP contribution in [0.5, 0.6) is 0 Å². The van der Waals surface area contributed by atoms with Crippen LogP contribution in [0.2, 0.25) is 0 Å². The molecule has 1 heterocycles. The van der Waals surface area contributed by atoms with Crippen molar-refractivity contribution in [3.05, 3.63) is 41.0 Å². The number of hydrogen-bond donors (Lipinski definition) is 1. The molecule has 1 aliphatic heterocycles. The fourth-order valence-corrected chi connectivity index (χ4v) is 3.39. The smallest absolute Gasteiger partial charge is 0.308 e. The van der Waals surface area contributed by atoms with Crippen molar-refractivity contribution >= 4 is 17.6 Å². The molecular weight excluding hydrogens is 280 g/mol. The van der Waals surface area contributed by atoms with Crippen LogP contribution in [0.4, 0.5) is 5.69 Å². The topological polar surface area (TPSA) is 81.4 Å². The molecule has 1 atom stereocenters. The Morgan fingerprint density at radius 1 is 1.32 bits per heavy atom. The van der Waals surface area contributed by atoms with Gasteiger partial charge in [-0.3, -0.25) is 9.59 Å². The lowest BCUT2D eigenvalue weighted by Gasteiger charge is -2.30. The molecule has 1 saturated carbocycles. The summed E-state index contributed by atoms with van der Waals surface area (Å²) in [6, 6.07) is 8.91. The summed E-state index contributed by atoms with van der Waals surface area (Å²) in [5, 5.41) is 17.9. The van der Waals surface area contributed by atoms with Gasteiger partial charge in [-0.05, 0) is 49.1 Å². The van der Waals surface area contributed by atoms with Gasteiger partial charge in [0.15, 0.2) is 0 Å². The molecule has 1 N–H and O–H groups in total. The van der Waals surface area contributed by atoms with Crippen molar-refractivity contribution in [1.29, 1.82) is 5.26 Å². The zero-order valence-electron chi connectivity index (χ0n) is 12.1. The van der Waals surface area contributed by atoms with Crippen molar-refractivity contribution in [2.75, 3.05) is 4.90 Å². The number of carboxylic acids is 1. The van der Waals surface area contributed by atoms with E-state index in [2.05, 4.69) is 6.07 Å². The highest BCUT2D eigenvalue weighted by Crippen LogP contribution is 2.40. The van der Waals surface area contributed by atoms with E-state index in [9.17, 15) is 9.59 Å². The number of rotatable bonds is 3. The van der Waals surface area contributed by atoms with Crippen LogP contribution in [-0.4, -0.2) is 23.0 Å². The maximum absolute atomic E-state index is 12.7. The summed E-state index contributed by atoms with van der Waals surface area (Å²) in [6.07, 6.45) is 3.49. The van der Waals surface area contributed by atoms with Crippen LogP contribution in [-0.2, 0) is 9.59 Å². The Kier molecular flexibility index (Phi) is 3.68. The largest absolute Gasteiger partial charge is 0.481 e. The number of hydrogen-bond acceptors (Lipinski definition) is 3. The van der Waals surface area contributed by atoms with Gasteiger partial charge in [-0.15, -0.1) is 0 Å². The van der Waals surface area contributed by atoms with E-state index >= 15 is 0 Å². The Bertz CT molecular complexity index is 698. The predicted molar refractivity (Wildman–Crippen MR) is 80.2 cm³/mol. The Labute approximate surface area is 128 Å². The number of aliphatic carboxylic acids is 1. The minimum absolute atomic E-state index is 0.0245. The van der Waals surface area contributed by atoms with Crippen LogP contribution < -0.4 is 4.90 Å². The first kappa shape index (κ1) is 14.3. The van der Waals surface area contributed by atoms with Crippen molar-refractivity contribution in [2.45, 2.75) is 38.1 Å². The van der Waals surface area contributed by atoms with Crippen LogP contribution in [0.3, 0.4) is 0 Å². The molecule has 2 aliphatic rings. The van der Waals surface area contributed by atoms with Gasteiger partial charge < -0.3 is 10.0 Å². The summed E-state index contributed by atoms with van der Waals surface area (Å²) in [5.41, 5.74) is 2.70. The minimum atomic E-state index is -0.971. The van der Waals surface area contributed by atoms with E-state index in [0.29, 0.717) is 11.1 Å². The van der Waals surface area contributed by atoms with Crippen molar-refractivity contribution < 1.29 is 14.7 Å². The summed E-state index contributed by atoms with van der Waals surface area (Å²) in [7, 11) is 0. The maximum Gasteiger partial charge on any atom is 0.308 e. The van der Waals surface area contributed by atoms with E-state index in [4.69, 9.17) is 10.4 Å². The van der Waals surface area contributed by atoms with Gasteiger partial charge in [0.2, 0.25) is 0 Å². The number of benzene rings is 1. The quantitative estimate of drug-likeness (QED) is 0.929. The normalized spacial score (nSPS) is 20.8. The molecular formula is C17H16N2O3. The van der Waals surface area contributed by atoms with Crippen LogP contribution in [0.25, 0.3) is 0 Å². The summed E-state index contributed by atoms with van der Waals surface area (Å²) in [4.78, 5) is 25.5. The number of carboxylic acid groups (broad SMARTS) is 1. The molecule has 1 amide bonds. The highest BCUT2D eigenvalue weighted by Gasteiger charge is 2.41. The Morgan fingerprint density at radius 3 is 2.68 bits per heavy atom. The molecule has 5 nitrogen and oxygen atoms in total. The van der Waals surface area contributed by atoms with E-state index < -0.39 is 5.97 Å². The second-order valence-corrected chi connectivity index (χ2v) is 5.67. The van der Waals surface area contributed by atoms with E-state index in [1.807, 2.05) is 0 Å². The molecule has 1 aromatic rings. The molecule has 1 aliphatic carbocycles. The maximum atomic E-state index is 12.7. The molecule has 3 rings (SSSR count). The third-order valence-electron chi connectivity index (χ3n) is 4.35. The predicted octanol–water partition coefficient (Wildman–Crippen LogP) is 2.62. The summed E-state index contributed by atoms with van der Waals surface area (Å²) in [6.45, 7) is 0. The highest BCUT2D eigenvalue weighted by atomic mass is 16.4. The average Bonchev–Trinajstić information content (AvgIpc) is 2.80. The lowest BCUT2D eigenvalue weighted by Crippen LogP contribution is -2.36.